The molecule has 0 radical (unpaired) electrons. The van der Waals surface area contributed by atoms with Crippen molar-refractivity contribution in [2.45, 2.75) is 12.8 Å². The van der Waals surface area contributed by atoms with Gasteiger partial charge in [0.1, 0.15) is 0 Å². The number of anilines is 1. The summed E-state index contributed by atoms with van der Waals surface area (Å²) in [4.78, 5) is 11.8. The molecule has 3 nitrogen and oxygen atoms in total. The quantitative estimate of drug-likeness (QED) is 0.932. The Balaban J connectivity index is 2.07. The molecule has 106 valence electrons. The Labute approximate surface area is 117 Å². The van der Waals surface area contributed by atoms with E-state index >= 15 is 0 Å². The van der Waals surface area contributed by atoms with Crippen molar-refractivity contribution in [1.82, 2.24) is 0 Å². The average Bonchev–Trinajstić information content (AvgIpc) is 2.82. The van der Waals surface area contributed by atoms with Gasteiger partial charge in [-0.2, -0.15) is 11.3 Å². The van der Waals surface area contributed by atoms with Gasteiger partial charge in [0.15, 0.2) is 5.75 Å². The van der Waals surface area contributed by atoms with Gasteiger partial charge in [0.2, 0.25) is 5.91 Å². The second-order valence-corrected chi connectivity index (χ2v) is 4.68. The monoisotopic (exact) mass is 301 g/mol. The van der Waals surface area contributed by atoms with Crippen molar-refractivity contribution in [2.24, 2.45) is 0 Å². The van der Waals surface area contributed by atoms with Crippen LogP contribution in [0.3, 0.4) is 0 Å². The molecule has 0 saturated carbocycles. The molecule has 7 heteroatoms. The van der Waals surface area contributed by atoms with Gasteiger partial charge in [0.05, 0.1) is 12.1 Å². The molecule has 1 heterocycles. The average molecular weight is 301 g/mol. The van der Waals surface area contributed by atoms with Gasteiger partial charge in [-0.3, -0.25) is 4.79 Å². The van der Waals surface area contributed by atoms with Crippen molar-refractivity contribution in [2.75, 3.05) is 5.32 Å². The Morgan fingerprint density at radius 2 is 2.00 bits per heavy atom. The zero-order valence-electron chi connectivity index (χ0n) is 10.1. The number of alkyl halides is 3. The fraction of sp³-hybridized carbons (Fsp3) is 0.154. The number of benzene rings is 1. The molecule has 0 aliphatic carbocycles. The predicted molar refractivity (Wildman–Crippen MR) is 69.8 cm³/mol. The summed E-state index contributed by atoms with van der Waals surface area (Å²) in [7, 11) is 0. The maximum absolute atomic E-state index is 12.2. The van der Waals surface area contributed by atoms with E-state index in [0.29, 0.717) is 0 Å². The van der Waals surface area contributed by atoms with Crippen LogP contribution in [0, 0.1) is 0 Å². The van der Waals surface area contributed by atoms with Crippen molar-refractivity contribution in [3.05, 3.63) is 46.7 Å². The van der Waals surface area contributed by atoms with Crippen LogP contribution in [0.1, 0.15) is 5.56 Å². The molecule has 0 spiro atoms. The second kappa shape index (κ2) is 5.96. The van der Waals surface area contributed by atoms with Gasteiger partial charge in [-0.1, -0.05) is 12.1 Å². The normalized spacial score (nSPS) is 11.2. The molecule has 0 fully saturated rings. The van der Waals surface area contributed by atoms with Crippen molar-refractivity contribution in [3.8, 4) is 5.75 Å². The number of para-hydroxylation sites is 2. The highest BCUT2D eigenvalue weighted by atomic mass is 32.1. The third-order valence-electron chi connectivity index (χ3n) is 2.33. The van der Waals surface area contributed by atoms with Crippen LogP contribution >= 0.6 is 11.3 Å². The highest BCUT2D eigenvalue weighted by molar-refractivity contribution is 7.08. The van der Waals surface area contributed by atoms with Crippen molar-refractivity contribution in [1.29, 1.82) is 0 Å². The summed E-state index contributed by atoms with van der Waals surface area (Å²) in [5, 5.41) is 6.04. The topological polar surface area (TPSA) is 38.3 Å². The Bertz CT molecular complexity index is 582. The summed E-state index contributed by atoms with van der Waals surface area (Å²) in [6.07, 6.45) is -4.70. The van der Waals surface area contributed by atoms with Crippen LogP contribution in [0.15, 0.2) is 41.1 Å². The first-order valence-corrected chi connectivity index (χ1v) is 6.54. The van der Waals surface area contributed by atoms with E-state index < -0.39 is 18.0 Å². The third-order valence-corrected chi connectivity index (χ3v) is 3.06. The van der Waals surface area contributed by atoms with Crippen LogP contribution in [-0.4, -0.2) is 12.3 Å². The van der Waals surface area contributed by atoms with E-state index in [1.54, 1.807) is 11.4 Å². The number of thiophene rings is 1. The van der Waals surface area contributed by atoms with Gasteiger partial charge in [-0.25, -0.2) is 0 Å². The van der Waals surface area contributed by atoms with E-state index in [4.69, 9.17) is 0 Å². The lowest BCUT2D eigenvalue weighted by Gasteiger charge is -2.13. The van der Waals surface area contributed by atoms with E-state index in [0.717, 1.165) is 11.6 Å². The Kier molecular flexibility index (Phi) is 4.29. The molecule has 1 aromatic carbocycles. The molecule has 1 amide bonds. The molecular weight excluding hydrogens is 291 g/mol. The number of rotatable bonds is 4. The summed E-state index contributed by atoms with van der Waals surface area (Å²) in [5.74, 6) is -0.833. The van der Waals surface area contributed by atoms with Crippen molar-refractivity contribution in [3.63, 3.8) is 0 Å². The Morgan fingerprint density at radius 3 is 2.65 bits per heavy atom. The van der Waals surface area contributed by atoms with Crippen LogP contribution in [0.25, 0.3) is 0 Å². The van der Waals surface area contributed by atoms with Gasteiger partial charge < -0.3 is 10.1 Å². The standard InChI is InChI=1S/C13H10F3NO2S/c14-13(15,16)19-11-4-2-1-3-10(11)17-12(18)7-9-5-6-20-8-9/h1-6,8H,7H2,(H,17,18). The molecule has 0 aliphatic heterocycles. The highest BCUT2D eigenvalue weighted by Gasteiger charge is 2.32. The van der Waals surface area contributed by atoms with Crippen LogP contribution in [-0.2, 0) is 11.2 Å². The second-order valence-electron chi connectivity index (χ2n) is 3.90. The van der Waals surface area contributed by atoms with E-state index in [1.807, 2.05) is 5.38 Å². The zero-order valence-corrected chi connectivity index (χ0v) is 10.9. The van der Waals surface area contributed by atoms with Gasteiger partial charge >= 0.3 is 6.36 Å². The summed E-state index contributed by atoms with van der Waals surface area (Å²) < 4.78 is 40.5. The molecule has 2 rings (SSSR count). The Morgan fingerprint density at radius 1 is 1.25 bits per heavy atom. The third kappa shape index (κ3) is 4.27. The lowest BCUT2D eigenvalue weighted by Crippen LogP contribution is -2.20. The van der Waals surface area contributed by atoms with Gasteiger partial charge in [-0.05, 0) is 34.5 Å². The number of hydrogen-bond donors (Lipinski definition) is 1. The maximum atomic E-state index is 12.2. The smallest absolute Gasteiger partial charge is 0.404 e. The summed E-state index contributed by atoms with van der Waals surface area (Å²) >= 11 is 1.45. The predicted octanol–water partition coefficient (Wildman–Crippen LogP) is 3.83. The molecule has 20 heavy (non-hydrogen) atoms. The lowest BCUT2D eigenvalue weighted by atomic mass is 10.2. The summed E-state index contributed by atoms with van der Waals surface area (Å²) in [6.45, 7) is 0. The number of carbonyl (C=O) groups is 1. The van der Waals surface area contributed by atoms with Crippen LogP contribution in [0.2, 0.25) is 0 Å². The van der Waals surface area contributed by atoms with Crippen LogP contribution < -0.4 is 10.1 Å². The SMILES string of the molecule is O=C(Cc1ccsc1)Nc1ccccc1OC(F)(F)F. The minimum Gasteiger partial charge on any atom is -0.404 e. The largest absolute Gasteiger partial charge is 0.573 e. The first-order valence-electron chi connectivity index (χ1n) is 5.60. The Hall–Kier alpha value is -2.02. The van der Waals surface area contributed by atoms with Gasteiger partial charge in [0.25, 0.3) is 0 Å². The molecule has 0 saturated heterocycles. The first kappa shape index (κ1) is 14.4. The van der Waals surface area contributed by atoms with Crippen LogP contribution in [0.5, 0.6) is 5.75 Å². The lowest BCUT2D eigenvalue weighted by molar-refractivity contribution is -0.274. The zero-order chi connectivity index (χ0) is 14.6. The summed E-state index contributed by atoms with van der Waals surface area (Å²) in [6, 6.07) is 7.20. The minimum atomic E-state index is -4.80. The number of amides is 1. The molecule has 2 aromatic rings. The molecule has 0 atom stereocenters. The van der Waals surface area contributed by atoms with E-state index in [1.165, 1.54) is 29.5 Å². The highest BCUT2D eigenvalue weighted by Crippen LogP contribution is 2.29. The number of nitrogens with one attached hydrogen (secondary N) is 1. The fourth-order valence-corrected chi connectivity index (χ4v) is 2.23. The van der Waals surface area contributed by atoms with Crippen molar-refractivity contribution < 1.29 is 22.7 Å². The molecule has 1 aromatic heterocycles. The summed E-state index contributed by atoms with van der Waals surface area (Å²) in [5.41, 5.74) is 0.798. The fourth-order valence-electron chi connectivity index (χ4n) is 1.56. The molecule has 0 bridgehead atoms. The van der Waals surface area contributed by atoms with E-state index in [9.17, 15) is 18.0 Å². The molecule has 0 unspecified atom stereocenters. The van der Waals surface area contributed by atoms with Crippen LogP contribution in [0.4, 0.5) is 18.9 Å². The number of ether oxygens (including phenoxy) is 1. The number of hydrogen-bond acceptors (Lipinski definition) is 3. The molecule has 0 aliphatic rings. The van der Waals surface area contributed by atoms with Crippen molar-refractivity contribution >= 4 is 22.9 Å². The minimum absolute atomic E-state index is 0.00921. The first-order chi connectivity index (χ1) is 9.44. The van der Waals surface area contributed by atoms with Gasteiger partial charge in [-0.15, -0.1) is 13.2 Å². The number of carbonyl (C=O) groups excluding carboxylic acids is 1. The maximum Gasteiger partial charge on any atom is 0.573 e. The number of halogens is 3. The molecule has 1 N–H and O–H groups in total. The van der Waals surface area contributed by atoms with E-state index in [2.05, 4.69) is 10.1 Å². The van der Waals surface area contributed by atoms with Gasteiger partial charge in [0, 0.05) is 0 Å². The molecular formula is C13H10F3NO2S. The van der Waals surface area contributed by atoms with E-state index in [-0.39, 0.29) is 12.1 Å².